The maximum atomic E-state index is 12.1. The molecule has 0 bridgehead atoms. The van der Waals surface area contributed by atoms with Gasteiger partial charge in [0.15, 0.2) is 0 Å². The Morgan fingerprint density at radius 3 is 2.79 bits per heavy atom. The highest BCUT2D eigenvalue weighted by Gasteiger charge is 2.18. The zero-order chi connectivity index (χ0) is 13.7. The number of benzene rings is 1. The summed E-state index contributed by atoms with van der Waals surface area (Å²) in [4.78, 5) is 26.8. The lowest BCUT2D eigenvalue weighted by molar-refractivity contribution is -0.117. The van der Waals surface area contributed by atoms with Gasteiger partial charge in [-0.15, -0.1) is 0 Å². The Morgan fingerprint density at radius 2 is 2.00 bits per heavy atom. The minimum absolute atomic E-state index is 0.434. The van der Waals surface area contributed by atoms with Gasteiger partial charge in [0.25, 0.3) is 11.7 Å². The minimum atomic E-state index is -0.527. The lowest BCUT2D eigenvalue weighted by Gasteiger charge is -2.03. The van der Waals surface area contributed by atoms with Crippen molar-refractivity contribution in [3.63, 3.8) is 0 Å². The number of rotatable bonds is 6. The van der Waals surface area contributed by atoms with E-state index in [1.54, 1.807) is 6.20 Å². The molecule has 4 nitrogen and oxygen atoms in total. The number of aromatic amines is 1. The number of unbranched alkanes of at least 4 members (excludes halogenated alkanes) is 2. The fourth-order valence-corrected chi connectivity index (χ4v) is 2.04. The summed E-state index contributed by atoms with van der Waals surface area (Å²) in [5.74, 6) is -1.00. The van der Waals surface area contributed by atoms with Gasteiger partial charge in [0.1, 0.15) is 0 Å². The second-order valence-electron chi connectivity index (χ2n) is 4.54. The average Bonchev–Trinajstić information content (AvgIpc) is 2.86. The summed E-state index contributed by atoms with van der Waals surface area (Å²) in [5.41, 5.74) is 1.30. The molecule has 0 unspecified atom stereocenters. The Balaban J connectivity index is 2.05. The highest BCUT2D eigenvalue weighted by atomic mass is 16.2. The molecule has 1 heterocycles. The van der Waals surface area contributed by atoms with E-state index in [0.717, 1.165) is 30.2 Å². The highest BCUT2D eigenvalue weighted by molar-refractivity contribution is 6.44. The molecule has 0 atom stereocenters. The first-order valence-electron chi connectivity index (χ1n) is 6.62. The van der Waals surface area contributed by atoms with Crippen LogP contribution < -0.4 is 5.32 Å². The number of para-hydroxylation sites is 1. The molecule has 0 aliphatic carbocycles. The maximum Gasteiger partial charge on any atom is 0.292 e. The SMILES string of the molecule is CCCCCNC(=O)C(=O)c1c[nH]c2ccccc12. The van der Waals surface area contributed by atoms with Crippen LogP contribution in [-0.2, 0) is 4.79 Å². The maximum absolute atomic E-state index is 12.1. The highest BCUT2D eigenvalue weighted by Crippen LogP contribution is 2.17. The van der Waals surface area contributed by atoms with Crippen molar-refractivity contribution in [2.24, 2.45) is 0 Å². The molecule has 0 saturated carbocycles. The normalized spacial score (nSPS) is 10.6. The Morgan fingerprint density at radius 1 is 1.21 bits per heavy atom. The van der Waals surface area contributed by atoms with Gasteiger partial charge in [0.2, 0.25) is 0 Å². The van der Waals surface area contributed by atoms with E-state index in [1.165, 1.54) is 0 Å². The third kappa shape index (κ3) is 3.02. The first kappa shape index (κ1) is 13.3. The van der Waals surface area contributed by atoms with Crippen LogP contribution in [0.5, 0.6) is 0 Å². The molecule has 0 aliphatic rings. The molecule has 0 spiro atoms. The minimum Gasteiger partial charge on any atom is -0.360 e. The van der Waals surface area contributed by atoms with E-state index < -0.39 is 11.7 Å². The van der Waals surface area contributed by atoms with Gasteiger partial charge in [0.05, 0.1) is 5.56 Å². The van der Waals surface area contributed by atoms with E-state index in [2.05, 4.69) is 17.2 Å². The number of hydrogen-bond acceptors (Lipinski definition) is 2. The number of aromatic nitrogens is 1. The largest absolute Gasteiger partial charge is 0.360 e. The van der Waals surface area contributed by atoms with Crippen molar-refractivity contribution in [2.45, 2.75) is 26.2 Å². The number of ketones is 1. The Kier molecular flexibility index (Phi) is 4.34. The van der Waals surface area contributed by atoms with Crippen molar-refractivity contribution >= 4 is 22.6 Å². The summed E-state index contributed by atoms with van der Waals surface area (Å²) in [6, 6.07) is 7.46. The zero-order valence-corrected chi connectivity index (χ0v) is 11.0. The third-order valence-electron chi connectivity index (χ3n) is 3.11. The van der Waals surface area contributed by atoms with Gasteiger partial charge in [-0.3, -0.25) is 9.59 Å². The lowest BCUT2D eigenvalue weighted by Crippen LogP contribution is -2.31. The van der Waals surface area contributed by atoms with Crippen LogP contribution in [-0.4, -0.2) is 23.2 Å². The summed E-state index contributed by atoms with van der Waals surface area (Å²) in [7, 11) is 0. The van der Waals surface area contributed by atoms with E-state index in [0.29, 0.717) is 12.1 Å². The predicted molar refractivity (Wildman–Crippen MR) is 75.2 cm³/mol. The second-order valence-corrected chi connectivity index (χ2v) is 4.54. The van der Waals surface area contributed by atoms with Crippen molar-refractivity contribution in [3.8, 4) is 0 Å². The van der Waals surface area contributed by atoms with Crippen LogP contribution in [0.4, 0.5) is 0 Å². The van der Waals surface area contributed by atoms with Crippen molar-refractivity contribution < 1.29 is 9.59 Å². The molecular weight excluding hydrogens is 240 g/mol. The zero-order valence-electron chi connectivity index (χ0n) is 11.0. The molecule has 1 aromatic carbocycles. The first-order chi connectivity index (χ1) is 9.24. The summed E-state index contributed by atoms with van der Waals surface area (Å²) >= 11 is 0. The third-order valence-corrected chi connectivity index (χ3v) is 3.11. The molecule has 0 fully saturated rings. The quantitative estimate of drug-likeness (QED) is 0.475. The van der Waals surface area contributed by atoms with Crippen molar-refractivity contribution in [1.29, 1.82) is 0 Å². The smallest absolute Gasteiger partial charge is 0.292 e. The van der Waals surface area contributed by atoms with E-state index in [4.69, 9.17) is 0 Å². The molecule has 2 N–H and O–H groups in total. The number of fused-ring (bicyclic) bond motifs is 1. The average molecular weight is 258 g/mol. The number of carbonyl (C=O) groups excluding carboxylic acids is 2. The number of H-pyrrole nitrogens is 1. The first-order valence-corrected chi connectivity index (χ1v) is 6.62. The van der Waals surface area contributed by atoms with Crippen LogP contribution in [0.2, 0.25) is 0 Å². The molecule has 0 saturated heterocycles. The molecule has 19 heavy (non-hydrogen) atoms. The number of Topliss-reactive ketones (excluding diaryl/α,β-unsaturated/α-hetero) is 1. The Hall–Kier alpha value is -2.10. The van der Waals surface area contributed by atoms with Crippen molar-refractivity contribution in [1.82, 2.24) is 10.3 Å². The van der Waals surface area contributed by atoms with Crippen LogP contribution >= 0.6 is 0 Å². The van der Waals surface area contributed by atoms with Crippen LogP contribution in [0.1, 0.15) is 36.5 Å². The summed E-state index contributed by atoms with van der Waals surface area (Å²) in [6.07, 6.45) is 4.65. The van der Waals surface area contributed by atoms with Gasteiger partial charge in [0, 0.05) is 23.6 Å². The molecule has 4 heteroatoms. The predicted octanol–water partition coefficient (Wildman–Crippen LogP) is 2.66. The van der Waals surface area contributed by atoms with Crippen LogP contribution in [0.15, 0.2) is 30.5 Å². The molecule has 2 rings (SSSR count). The van der Waals surface area contributed by atoms with Crippen molar-refractivity contribution in [3.05, 3.63) is 36.0 Å². The molecule has 0 aliphatic heterocycles. The fraction of sp³-hybridized carbons (Fsp3) is 0.333. The Labute approximate surface area is 112 Å². The summed E-state index contributed by atoms with van der Waals surface area (Å²) < 4.78 is 0. The van der Waals surface area contributed by atoms with E-state index in [-0.39, 0.29) is 0 Å². The van der Waals surface area contributed by atoms with Crippen LogP contribution in [0.3, 0.4) is 0 Å². The van der Waals surface area contributed by atoms with Crippen molar-refractivity contribution in [2.75, 3.05) is 6.54 Å². The molecule has 100 valence electrons. The lowest BCUT2D eigenvalue weighted by atomic mass is 10.1. The molecular formula is C15H18N2O2. The molecule has 0 radical (unpaired) electrons. The fourth-order valence-electron chi connectivity index (χ4n) is 2.04. The summed E-state index contributed by atoms with van der Waals surface area (Å²) in [5, 5.41) is 3.46. The van der Waals surface area contributed by atoms with Crippen LogP contribution in [0.25, 0.3) is 10.9 Å². The Bertz CT molecular complexity index is 587. The van der Waals surface area contributed by atoms with Gasteiger partial charge < -0.3 is 10.3 Å². The van der Waals surface area contributed by atoms with Gasteiger partial charge >= 0.3 is 0 Å². The standard InChI is InChI=1S/C15H18N2O2/c1-2-3-6-9-16-15(19)14(18)12-10-17-13-8-5-4-7-11(12)13/h4-5,7-8,10,17H,2-3,6,9H2,1H3,(H,16,19). The number of hydrogen-bond donors (Lipinski definition) is 2. The number of amides is 1. The molecule has 2 aromatic rings. The van der Waals surface area contributed by atoms with Gasteiger partial charge in [-0.1, -0.05) is 38.0 Å². The monoisotopic (exact) mass is 258 g/mol. The second kappa shape index (κ2) is 6.18. The molecule has 1 amide bonds. The summed E-state index contributed by atoms with van der Waals surface area (Å²) in [6.45, 7) is 2.65. The molecule has 1 aromatic heterocycles. The van der Waals surface area contributed by atoms with E-state index in [9.17, 15) is 9.59 Å². The number of carbonyl (C=O) groups is 2. The van der Waals surface area contributed by atoms with Crippen LogP contribution in [0, 0.1) is 0 Å². The number of nitrogens with one attached hydrogen (secondary N) is 2. The van der Waals surface area contributed by atoms with E-state index in [1.807, 2.05) is 24.3 Å². The van der Waals surface area contributed by atoms with Gasteiger partial charge in [-0.2, -0.15) is 0 Å². The van der Waals surface area contributed by atoms with E-state index >= 15 is 0 Å². The van der Waals surface area contributed by atoms with Gasteiger partial charge in [-0.25, -0.2) is 0 Å². The topological polar surface area (TPSA) is 62.0 Å². The van der Waals surface area contributed by atoms with Gasteiger partial charge in [-0.05, 0) is 12.5 Å².